The lowest BCUT2D eigenvalue weighted by molar-refractivity contribution is -0.157. The number of halogens is 4. The molecule has 0 aromatic carbocycles. The summed E-state index contributed by atoms with van der Waals surface area (Å²) in [5.74, 6) is -5.39. The van der Waals surface area contributed by atoms with Crippen molar-refractivity contribution in [3.8, 4) is 0 Å². The first-order valence-electron chi connectivity index (χ1n) is 6.37. The van der Waals surface area contributed by atoms with E-state index in [1.54, 1.807) is 0 Å². The molecule has 1 saturated heterocycles. The lowest BCUT2D eigenvalue weighted by atomic mass is 10.0. The standard InChI is InChI=1S/C12H18F4N2O2/c1-7(2)5-8-10(20)18(4-3-9(19)17-8)6-12(15,16)11(13)14/h7-8,11H,3-6H2,1-2H3,(H,17,19). The molecular weight excluding hydrogens is 280 g/mol. The Bertz CT molecular complexity index is 374. The highest BCUT2D eigenvalue weighted by Crippen LogP contribution is 2.25. The van der Waals surface area contributed by atoms with Crippen LogP contribution in [0.5, 0.6) is 0 Å². The molecular formula is C12H18F4N2O2. The number of amides is 2. The van der Waals surface area contributed by atoms with Crippen LogP contribution in [0.2, 0.25) is 0 Å². The van der Waals surface area contributed by atoms with Crippen molar-refractivity contribution in [1.29, 1.82) is 0 Å². The van der Waals surface area contributed by atoms with Gasteiger partial charge in [-0.15, -0.1) is 0 Å². The van der Waals surface area contributed by atoms with Crippen LogP contribution < -0.4 is 5.32 Å². The second kappa shape index (κ2) is 6.41. The fraction of sp³-hybridized carbons (Fsp3) is 0.833. The predicted molar refractivity (Wildman–Crippen MR) is 63.5 cm³/mol. The second-order valence-corrected chi connectivity index (χ2v) is 5.32. The van der Waals surface area contributed by atoms with E-state index in [2.05, 4.69) is 5.32 Å². The maximum absolute atomic E-state index is 13.1. The third kappa shape index (κ3) is 4.35. The van der Waals surface area contributed by atoms with Gasteiger partial charge < -0.3 is 10.2 Å². The summed E-state index contributed by atoms with van der Waals surface area (Å²) in [5.41, 5.74) is 0. The first-order chi connectivity index (χ1) is 9.13. The minimum atomic E-state index is -4.27. The molecule has 1 aliphatic rings. The Morgan fingerprint density at radius 2 is 1.95 bits per heavy atom. The monoisotopic (exact) mass is 298 g/mol. The number of nitrogens with zero attached hydrogens (tertiary/aromatic N) is 1. The molecule has 20 heavy (non-hydrogen) atoms. The van der Waals surface area contributed by atoms with Crippen molar-refractivity contribution in [2.75, 3.05) is 13.1 Å². The molecule has 0 bridgehead atoms. The Morgan fingerprint density at radius 1 is 1.35 bits per heavy atom. The number of hydrogen-bond acceptors (Lipinski definition) is 2. The van der Waals surface area contributed by atoms with Crippen LogP contribution in [0.4, 0.5) is 17.6 Å². The van der Waals surface area contributed by atoms with Crippen molar-refractivity contribution >= 4 is 11.8 Å². The van der Waals surface area contributed by atoms with Gasteiger partial charge in [0.2, 0.25) is 11.8 Å². The topological polar surface area (TPSA) is 49.4 Å². The quantitative estimate of drug-likeness (QED) is 0.785. The number of hydrogen-bond donors (Lipinski definition) is 1. The average molecular weight is 298 g/mol. The summed E-state index contributed by atoms with van der Waals surface area (Å²) in [5, 5.41) is 2.44. The van der Waals surface area contributed by atoms with Gasteiger partial charge in [0, 0.05) is 13.0 Å². The third-order valence-corrected chi connectivity index (χ3v) is 2.98. The van der Waals surface area contributed by atoms with E-state index < -0.39 is 36.7 Å². The van der Waals surface area contributed by atoms with Gasteiger partial charge in [-0.05, 0) is 12.3 Å². The minimum absolute atomic E-state index is 0.0554. The fourth-order valence-electron chi connectivity index (χ4n) is 2.01. The Balaban J connectivity index is 2.84. The van der Waals surface area contributed by atoms with Crippen LogP contribution in [-0.2, 0) is 9.59 Å². The smallest absolute Gasteiger partial charge is 0.324 e. The van der Waals surface area contributed by atoms with Crippen LogP contribution in [0.3, 0.4) is 0 Å². The first-order valence-corrected chi connectivity index (χ1v) is 6.37. The highest BCUT2D eigenvalue weighted by Gasteiger charge is 2.44. The summed E-state index contributed by atoms with van der Waals surface area (Å²) >= 11 is 0. The molecule has 8 heteroatoms. The normalized spacial score (nSPS) is 21.4. The van der Waals surface area contributed by atoms with Crippen LogP contribution in [0.15, 0.2) is 0 Å². The molecule has 0 saturated carbocycles. The molecule has 1 N–H and O–H groups in total. The Labute approximate surface area is 114 Å². The lowest BCUT2D eigenvalue weighted by Gasteiger charge is -2.28. The van der Waals surface area contributed by atoms with Crippen LogP contribution in [0.25, 0.3) is 0 Å². The van der Waals surface area contributed by atoms with Crippen LogP contribution in [0, 0.1) is 5.92 Å². The van der Waals surface area contributed by atoms with E-state index >= 15 is 0 Å². The van der Waals surface area contributed by atoms with E-state index in [1.165, 1.54) is 0 Å². The highest BCUT2D eigenvalue weighted by atomic mass is 19.3. The van der Waals surface area contributed by atoms with Crippen molar-refractivity contribution < 1.29 is 27.2 Å². The van der Waals surface area contributed by atoms with Gasteiger partial charge >= 0.3 is 12.3 Å². The van der Waals surface area contributed by atoms with Gasteiger partial charge in [0.05, 0.1) is 6.54 Å². The molecule has 1 rings (SSSR count). The van der Waals surface area contributed by atoms with Crippen molar-refractivity contribution in [2.45, 2.75) is 45.1 Å². The van der Waals surface area contributed by atoms with Gasteiger partial charge in [0.25, 0.3) is 0 Å². The van der Waals surface area contributed by atoms with Crippen LogP contribution in [0.1, 0.15) is 26.7 Å². The number of rotatable bonds is 5. The Morgan fingerprint density at radius 3 is 2.45 bits per heavy atom. The molecule has 1 heterocycles. The van der Waals surface area contributed by atoms with Crippen molar-refractivity contribution in [2.24, 2.45) is 5.92 Å². The fourth-order valence-corrected chi connectivity index (χ4v) is 2.01. The van der Waals surface area contributed by atoms with Gasteiger partial charge in [-0.2, -0.15) is 8.78 Å². The summed E-state index contributed by atoms with van der Waals surface area (Å²) in [6.07, 6.45) is -3.73. The molecule has 1 fully saturated rings. The summed E-state index contributed by atoms with van der Waals surface area (Å²) < 4.78 is 50.6. The maximum atomic E-state index is 13.1. The van der Waals surface area contributed by atoms with Crippen molar-refractivity contribution in [3.05, 3.63) is 0 Å². The van der Waals surface area contributed by atoms with E-state index in [1.807, 2.05) is 13.8 Å². The maximum Gasteiger partial charge on any atom is 0.324 e. The van der Waals surface area contributed by atoms with E-state index in [-0.39, 0.29) is 25.3 Å². The molecule has 1 unspecified atom stereocenters. The molecule has 0 aromatic rings. The van der Waals surface area contributed by atoms with Crippen LogP contribution in [-0.4, -0.2) is 48.2 Å². The summed E-state index contributed by atoms with van der Waals surface area (Å²) in [7, 11) is 0. The first kappa shape index (κ1) is 16.7. The van der Waals surface area contributed by atoms with Crippen molar-refractivity contribution in [3.63, 3.8) is 0 Å². The zero-order valence-corrected chi connectivity index (χ0v) is 11.3. The van der Waals surface area contributed by atoms with E-state index in [4.69, 9.17) is 0 Å². The second-order valence-electron chi connectivity index (χ2n) is 5.32. The van der Waals surface area contributed by atoms with Crippen molar-refractivity contribution in [1.82, 2.24) is 10.2 Å². The van der Waals surface area contributed by atoms with Gasteiger partial charge in [0.15, 0.2) is 0 Å². The lowest BCUT2D eigenvalue weighted by Crippen LogP contribution is -2.50. The average Bonchev–Trinajstić information content (AvgIpc) is 2.42. The molecule has 4 nitrogen and oxygen atoms in total. The Hall–Kier alpha value is -1.34. The zero-order chi connectivity index (χ0) is 15.5. The van der Waals surface area contributed by atoms with Gasteiger partial charge in [0.1, 0.15) is 6.04 Å². The minimum Gasteiger partial charge on any atom is -0.344 e. The Kier molecular flexibility index (Phi) is 5.35. The molecule has 116 valence electrons. The summed E-state index contributed by atoms with van der Waals surface area (Å²) in [6, 6.07) is -0.932. The molecule has 0 radical (unpaired) electrons. The molecule has 1 aliphatic heterocycles. The summed E-state index contributed by atoms with van der Waals surface area (Å²) in [4.78, 5) is 24.1. The highest BCUT2D eigenvalue weighted by molar-refractivity contribution is 5.90. The van der Waals surface area contributed by atoms with Gasteiger partial charge in [-0.25, -0.2) is 8.78 Å². The van der Waals surface area contributed by atoms with E-state index in [0.717, 1.165) is 0 Å². The van der Waals surface area contributed by atoms with Gasteiger partial charge in [-0.3, -0.25) is 9.59 Å². The third-order valence-electron chi connectivity index (χ3n) is 2.98. The number of carbonyl (C=O) groups is 2. The molecule has 2 amide bonds. The SMILES string of the molecule is CC(C)CC1NC(=O)CCN(CC(F)(F)C(F)F)C1=O. The largest absolute Gasteiger partial charge is 0.344 e. The molecule has 0 aliphatic carbocycles. The molecule has 1 atom stereocenters. The van der Waals surface area contributed by atoms with E-state index in [0.29, 0.717) is 4.90 Å². The number of carbonyl (C=O) groups excluding carboxylic acids is 2. The molecule has 0 aromatic heterocycles. The molecule has 0 spiro atoms. The predicted octanol–water partition coefficient (Wildman–Crippen LogP) is 1.65. The van der Waals surface area contributed by atoms with E-state index in [9.17, 15) is 27.2 Å². The number of nitrogens with one attached hydrogen (secondary N) is 1. The number of alkyl halides is 4. The zero-order valence-electron chi connectivity index (χ0n) is 11.3. The van der Waals surface area contributed by atoms with Crippen LogP contribution >= 0.6 is 0 Å². The summed E-state index contributed by atoms with van der Waals surface area (Å²) in [6.45, 7) is 1.97. The van der Waals surface area contributed by atoms with Gasteiger partial charge in [-0.1, -0.05) is 13.8 Å².